The Morgan fingerprint density at radius 2 is 0.756 bits per heavy atom. The number of unbranched alkanes of at least 4 members (excludes halogenated alkanes) is 20. The van der Waals surface area contributed by atoms with E-state index in [0.29, 0.717) is 11.8 Å². The summed E-state index contributed by atoms with van der Waals surface area (Å²) in [6, 6.07) is 0. The molecule has 1 aliphatic heterocycles. The van der Waals surface area contributed by atoms with Crippen LogP contribution in [0.2, 0.25) is 0 Å². The van der Waals surface area contributed by atoms with Gasteiger partial charge >= 0.3 is 0 Å². The summed E-state index contributed by atoms with van der Waals surface area (Å²) in [7, 11) is 0. The lowest BCUT2D eigenvalue weighted by molar-refractivity contribution is 0.0482. The van der Waals surface area contributed by atoms with Crippen molar-refractivity contribution in [1.82, 2.24) is 5.32 Å². The average molecular weight is 576 g/mol. The van der Waals surface area contributed by atoms with Crippen LogP contribution in [0.5, 0.6) is 0 Å². The zero-order valence-corrected chi connectivity index (χ0v) is 28.0. The van der Waals surface area contributed by atoms with Crippen molar-refractivity contribution in [2.75, 3.05) is 39.5 Å². The molecule has 3 heteroatoms. The Labute approximate surface area is 258 Å². The van der Waals surface area contributed by atoms with Crippen molar-refractivity contribution in [1.29, 1.82) is 0 Å². The first kappa shape index (κ1) is 38.4. The van der Waals surface area contributed by atoms with Crippen molar-refractivity contribution in [3.63, 3.8) is 0 Å². The van der Waals surface area contributed by atoms with E-state index in [0.717, 1.165) is 39.5 Å². The quantitative estimate of drug-likeness (QED) is 0.0639. The lowest BCUT2D eigenvalue weighted by Gasteiger charge is -2.18. The van der Waals surface area contributed by atoms with Gasteiger partial charge in [-0.1, -0.05) is 128 Å². The highest BCUT2D eigenvalue weighted by molar-refractivity contribution is 4.82. The molecule has 2 unspecified atom stereocenters. The average Bonchev–Trinajstić information content (AvgIpc) is 3.43. The molecule has 1 aliphatic rings. The predicted octanol–water partition coefficient (Wildman–Crippen LogP) is 11.4. The van der Waals surface area contributed by atoms with Crippen LogP contribution in [-0.2, 0) is 9.47 Å². The molecule has 0 spiro atoms. The first-order valence-corrected chi connectivity index (χ1v) is 18.5. The number of rotatable bonds is 32. The number of ether oxygens (including phenoxy) is 2. The smallest absolute Gasteiger partial charge is 0.0510 e. The van der Waals surface area contributed by atoms with Gasteiger partial charge in [-0.05, 0) is 64.2 Å². The summed E-state index contributed by atoms with van der Waals surface area (Å²) in [5.41, 5.74) is 0. The van der Waals surface area contributed by atoms with E-state index in [-0.39, 0.29) is 0 Å². The highest BCUT2D eigenvalue weighted by atomic mass is 16.5. The fourth-order valence-corrected chi connectivity index (χ4v) is 5.84. The summed E-state index contributed by atoms with van der Waals surface area (Å²) in [6.07, 6.45) is 41.8. The van der Waals surface area contributed by atoms with E-state index in [4.69, 9.17) is 9.47 Å². The van der Waals surface area contributed by atoms with Crippen LogP contribution in [0.4, 0.5) is 0 Å². The van der Waals surface area contributed by atoms with Crippen LogP contribution in [0.15, 0.2) is 24.3 Å². The second-order valence-corrected chi connectivity index (χ2v) is 12.8. The Kier molecular flexibility index (Phi) is 30.2. The largest absolute Gasteiger partial charge is 0.381 e. The first-order chi connectivity index (χ1) is 20.4. The van der Waals surface area contributed by atoms with Gasteiger partial charge in [-0.2, -0.15) is 0 Å². The van der Waals surface area contributed by atoms with E-state index in [1.165, 1.54) is 154 Å². The number of hydrogen-bond donors (Lipinski definition) is 1. The maximum Gasteiger partial charge on any atom is 0.0510 e. The Bertz CT molecular complexity index is 512. The third-order valence-electron chi connectivity index (χ3n) is 8.74. The molecule has 0 amide bonds. The normalized spacial score (nSPS) is 17.5. The van der Waals surface area contributed by atoms with Gasteiger partial charge in [0.05, 0.1) is 13.2 Å². The minimum Gasteiger partial charge on any atom is -0.381 e. The van der Waals surface area contributed by atoms with Crippen molar-refractivity contribution in [2.45, 2.75) is 168 Å². The number of allylic oxidation sites excluding steroid dienone is 4. The highest BCUT2D eigenvalue weighted by Crippen LogP contribution is 2.18. The molecule has 3 nitrogen and oxygen atoms in total. The van der Waals surface area contributed by atoms with Crippen LogP contribution in [0.1, 0.15) is 168 Å². The SMILES string of the molecule is CCCCCC/C=C\CCCCCCCCOCC1CNCC1COCCCCCCCC/C=C\CCCCCC. The summed E-state index contributed by atoms with van der Waals surface area (Å²) < 4.78 is 12.2. The van der Waals surface area contributed by atoms with Crippen LogP contribution in [0, 0.1) is 11.8 Å². The molecule has 1 heterocycles. The molecule has 0 aromatic heterocycles. The van der Waals surface area contributed by atoms with E-state index in [2.05, 4.69) is 43.5 Å². The molecule has 0 aromatic carbocycles. The van der Waals surface area contributed by atoms with Gasteiger partial charge in [0.1, 0.15) is 0 Å². The summed E-state index contributed by atoms with van der Waals surface area (Å²) in [6.45, 7) is 10.4. The third-order valence-corrected chi connectivity index (χ3v) is 8.74. The Balaban J connectivity index is 1.82. The van der Waals surface area contributed by atoms with Crippen LogP contribution in [0.25, 0.3) is 0 Å². The molecule has 0 saturated carbocycles. The van der Waals surface area contributed by atoms with Crippen molar-refractivity contribution >= 4 is 0 Å². The molecule has 0 aliphatic carbocycles. The van der Waals surface area contributed by atoms with Crippen LogP contribution < -0.4 is 5.32 Å². The van der Waals surface area contributed by atoms with Gasteiger partial charge in [-0.3, -0.25) is 0 Å². The summed E-state index contributed by atoms with van der Waals surface area (Å²) >= 11 is 0. The third kappa shape index (κ3) is 26.7. The molecular formula is C38H73NO2. The van der Waals surface area contributed by atoms with Crippen molar-refractivity contribution in [3.8, 4) is 0 Å². The predicted molar refractivity (Wildman–Crippen MR) is 182 cm³/mol. The molecular weight excluding hydrogens is 502 g/mol. The van der Waals surface area contributed by atoms with E-state index < -0.39 is 0 Å². The van der Waals surface area contributed by atoms with Crippen molar-refractivity contribution in [2.24, 2.45) is 11.8 Å². The Morgan fingerprint density at radius 3 is 1.12 bits per heavy atom. The van der Waals surface area contributed by atoms with Crippen molar-refractivity contribution in [3.05, 3.63) is 24.3 Å². The van der Waals surface area contributed by atoms with E-state index in [1.807, 2.05) is 0 Å². The topological polar surface area (TPSA) is 30.5 Å². The molecule has 0 radical (unpaired) electrons. The molecule has 2 atom stereocenters. The standard InChI is InChI=1S/C38H73NO2/c1-3-5-7-9-11-13-15-17-19-21-23-25-27-29-31-40-35-37-33-39-34-38(37)36-41-32-30-28-26-24-22-20-18-16-14-12-10-8-6-4-2/h13-16,37-39H,3-12,17-36H2,1-2H3/b15-13-,16-14-. The summed E-state index contributed by atoms with van der Waals surface area (Å²) in [4.78, 5) is 0. The number of nitrogens with one attached hydrogen (secondary N) is 1. The maximum absolute atomic E-state index is 6.08. The molecule has 1 N–H and O–H groups in total. The fraction of sp³-hybridized carbons (Fsp3) is 0.895. The second kappa shape index (κ2) is 32.3. The fourth-order valence-electron chi connectivity index (χ4n) is 5.84. The minimum atomic E-state index is 0.625. The maximum atomic E-state index is 6.08. The van der Waals surface area contributed by atoms with Crippen LogP contribution in [0.3, 0.4) is 0 Å². The van der Waals surface area contributed by atoms with Gasteiger partial charge in [-0.25, -0.2) is 0 Å². The highest BCUT2D eigenvalue weighted by Gasteiger charge is 2.27. The van der Waals surface area contributed by atoms with E-state index in [1.54, 1.807) is 0 Å². The van der Waals surface area contributed by atoms with Gasteiger partial charge < -0.3 is 14.8 Å². The van der Waals surface area contributed by atoms with Crippen LogP contribution >= 0.6 is 0 Å². The Morgan fingerprint density at radius 1 is 0.439 bits per heavy atom. The second-order valence-electron chi connectivity index (χ2n) is 12.8. The molecule has 41 heavy (non-hydrogen) atoms. The molecule has 1 fully saturated rings. The van der Waals surface area contributed by atoms with Gasteiger partial charge in [-0.15, -0.1) is 0 Å². The van der Waals surface area contributed by atoms with Crippen LogP contribution in [-0.4, -0.2) is 39.5 Å². The van der Waals surface area contributed by atoms with Gasteiger partial charge in [0.25, 0.3) is 0 Å². The van der Waals surface area contributed by atoms with E-state index >= 15 is 0 Å². The zero-order valence-electron chi connectivity index (χ0n) is 28.0. The molecule has 1 saturated heterocycles. The molecule has 0 aromatic rings. The summed E-state index contributed by atoms with van der Waals surface area (Å²) in [5, 5.41) is 3.56. The van der Waals surface area contributed by atoms with Gasteiger partial charge in [0, 0.05) is 38.1 Å². The van der Waals surface area contributed by atoms with Gasteiger partial charge in [0.15, 0.2) is 0 Å². The van der Waals surface area contributed by atoms with Gasteiger partial charge in [0.2, 0.25) is 0 Å². The van der Waals surface area contributed by atoms with Crippen molar-refractivity contribution < 1.29 is 9.47 Å². The zero-order chi connectivity index (χ0) is 29.3. The molecule has 242 valence electrons. The number of hydrogen-bond acceptors (Lipinski definition) is 3. The lowest BCUT2D eigenvalue weighted by Crippen LogP contribution is -2.23. The Hall–Kier alpha value is -0.640. The first-order valence-electron chi connectivity index (χ1n) is 18.5. The monoisotopic (exact) mass is 576 g/mol. The van der Waals surface area contributed by atoms with E-state index in [9.17, 15) is 0 Å². The minimum absolute atomic E-state index is 0.625. The molecule has 1 rings (SSSR count). The molecule has 0 bridgehead atoms. The summed E-state index contributed by atoms with van der Waals surface area (Å²) in [5.74, 6) is 1.25. The lowest BCUT2D eigenvalue weighted by atomic mass is 9.98.